The van der Waals surface area contributed by atoms with E-state index >= 15 is 0 Å². The fourth-order valence-electron chi connectivity index (χ4n) is 3.25. The Kier molecular flexibility index (Phi) is 3.08. The minimum absolute atomic E-state index is 0.156. The van der Waals surface area contributed by atoms with Crippen LogP contribution in [0.1, 0.15) is 49.1 Å². The van der Waals surface area contributed by atoms with Gasteiger partial charge in [-0.3, -0.25) is 0 Å². The molecule has 0 saturated carbocycles. The first-order chi connectivity index (χ1) is 9.47. The van der Waals surface area contributed by atoms with E-state index in [9.17, 15) is 0 Å². The Balaban J connectivity index is 1.96. The van der Waals surface area contributed by atoms with E-state index in [2.05, 4.69) is 45.0 Å². The van der Waals surface area contributed by atoms with Gasteiger partial charge in [0.2, 0.25) is 0 Å². The highest BCUT2D eigenvalue weighted by molar-refractivity contribution is 5.50. The fraction of sp³-hybridized carbons (Fsp3) is 0.471. The van der Waals surface area contributed by atoms with Crippen molar-refractivity contribution < 1.29 is 0 Å². The summed E-state index contributed by atoms with van der Waals surface area (Å²) in [6.07, 6.45) is 3.46. The molecule has 0 saturated heterocycles. The number of hydrogen-bond acceptors (Lipinski definition) is 2. The fourth-order valence-corrected chi connectivity index (χ4v) is 3.25. The number of rotatable bonds is 2. The largest absolute Gasteiger partial charge is 0.384 e. The van der Waals surface area contributed by atoms with Gasteiger partial charge in [-0.1, -0.05) is 43.7 Å². The van der Waals surface area contributed by atoms with Gasteiger partial charge in [-0.2, -0.15) is 5.10 Å². The van der Waals surface area contributed by atoms with E-state index in [-0.39, 0.29) is 5.41 Å². The minimum Gasteiger partial charge on any atom is -0.384 e. The maximum Gasteiger partial charge on any atom is 0.126 e. The summed E-state index contributed by atoms with van der Waals surface area (Å²) in [5.41, 5.74) is 11.5. The van der Waals surface area contributed by atoms with Crippen LogP contribution in [0.25, 0.3) is 0 Å². The van der Waals surface area contributed by atoms with Crippen LogP contribution in [0.4, 0.5) is 5.82 Å². The maximum absolute atomic E-state index is 6.38. The van der Waals surface area contributed by atoms with Gasteiger partial charge < -0.3 is 5.73 Å². The Morgan fingerprint density at radius 2 is 1.95 bits per heavy atom. The third-order valence-electron chi connectivity index (χ3n) is 4.41. The average Bonchev–Trinajstić information content (AvgIpc) is 2.70. The third kappa shape index (κ3) is 2.21. The van der Waals surface area contributed by atoms with Crippen molar-refractivity contribution in [1.29, 1.82) is 0 Å². The molecule has 1 heterocycles. The van der Waals surface area contributed by atoms with Gasteiger partial charge in [0.25, 0.3) is 0 Å². The lowest BCUT2D eigenvalue weighted by Gasteiger charge is -2.29. The molecule has 3 nitrogen and oxygen atoms in total. The summed E-state index contributed by atoms with van der Waals surface area (Å²) in [5.74, 6) is 0.852. The predicted molar refractivity (Wildman–Crippen MR) is 82.9 cm³/mol. The second kappa shape index (κ2) is 4.65. The second-order valence-electron chi connectivity index (χ2n) is 6.59. The van der Waals surface area contributed by atoms with Crippen molar-refractivity contribution in [2.24, 2.45) is 0 Å². The number of nitrogens with two attached hydrogens (primary N) is 1. The summed E-state index contributed by atoms with van der Waals surface area (Å²) >= 11 is 0. The lowest BCUT2D eigenvalue weighted by molar-refractivity contribution is 0.432. The van der Waals surface area contributed by atoms with Crippen molar-refractivity contribution in [1.82, 2.24) is 9.78 Å². The SMILES string of the molecule is Cc1ccc(Cn2nc3c(c2N)C(C)(C)CCC3)cc1. The van der Waals surface area contributed by atoms with Gasteiger partial charge in [0.1, 0.15) is 5.82 Å². The zero-order valence-electron chi connectivity index (χ0n) is 12.6. The van der Waals surface area contributed by atoms with Crippen LogP contribution < -0.4 is 5.73 Å². The van der Waals surface area contributed by atoms with Crippen molar-refractivity contribution in [3.05, 3.63) is 46.6 Å². The number of nitrogen functional groups attached to an aromatic ring is 1. The van der Waals surface area contributed by atoms with E-state index in [1.807, 2.05) is 4.68 Å². The Hall–Kier alpha value is -1.77. The molecule has 1 aromatic carbocycles. The molecule has 106 valence electrons. The molecule has 20 heavy (non-hydrogen) atoms. The molecule has 2 N–H and O–H groups in total. The first-order valence-corrected chi connectivity index (χ1v) is 7.38. The van der Waals surface area contributed by atoms with Gasteiger partial charge in [-0.05, 0) is 37.2 Å². The van der Waals surface area contributed by atoms with Crippen LogP contribution in [-0.4, -0.2) is 9.78 Å². The number of aromatic nitrogens is 2. The summed E-state index contributed by atoms with van der Waals surface area (Å²) < 4.78 is 1.97. The standard InChI is InChI=1S/C17H23N3/c1-12-6-8-13(9-7-12)11-20-16(18)15-14(19-20)5-4-10-17(15,2)3/h6-9H,4-5,10-11,18H2,1-3H3. The number of anilines is 1. The van der Waals surface area contributed by atoms with Gasteiger partial charge in [-0.25, -0.2) is 4.68 Å². The highest BCUT2D eigenvalue weighted by Crippen LogP contribution is 2.39. The Bertz CT molecular complexity index is 620. The number of benzene rings is 1. The second-order valence-corrected chi connectivity index (χ2v) is 6.59. The summed E-state index contributed by atoms with van der Waals surface area (Å²) in [6.45, 7) is 7.42. The van der Waals surface area contributed by atoms with Crippen molar-refractivity contribution in [2.75, 3.05) is 5.73 Å². The van der Waals surface area contributed by atoms with Gasteiger partial charge in [0.15, 0.2) is 0 Å². The summed E-state index contributed by atoms with van der Waals surface area (Å²) in [6, 6.07) is 8.58. The molecule has 2 aromatic rings. The number of aryl methyl sites for hydroxylation is 2. The molecule has 0 atom stereocenters. The van der Waals surface area contributed by atoms with E-state index in [1.165, 1.54) is 35.2 Å². The molecular formula is C17H23N3. The molecule has 0 aliphatic heterocycles. The van der Waals surface area contributed by atoms with E-state index < -0.39 is 0 Å². The van der Waals surface area contributed by atoms with Crippen LogP contribution >= 0.6 is 0 Å². The topological polar surface area (TPSA) is 43.8 Å². The average molecular weight is 269 g/mol. The molecule has 0 fully saturated rings. The monoisotopic (exact) mass is 269 g/mol. The molecule has 0 spiro atoms. The molecule has 0 unspecified atom stereocenters. The minimum atomic E-state index is 0.156. The molecule has 1 aliphatic carbocycles. The Morgan fingerprint density at radius 1 is 1.25 bits per heavy atom. The van der Waals surface area contributed by atoms with Crippen LogP contribution in [0.2, 0.25) is 0 Å². The van der Waals surface area contributed by atoms with E-state index in [1.54, 1.807) is 0 Å². The summed E-state index contributed by atoms with van der Waals surface area (Å²) in [7, 11) is 0. The zero-order valence-corrected chi connectivity index (χ0v) is 12.6. The highest BCUT2D eigenvalue weighted by Gasteiger charge is 2.33. The molecule has 1 aliphatic rings. The molecular weight excluding hydrogens is 246 g/mol. The van der Waals surface area contributed by atoms with Crippen molar-refractivity contribution in [3.8, 4) is 0 Å². The summed E-state index contributed by atoms with van der Waals surface area (Å²) in [5, 5.41) is 4.76. The first-order valence-electron chi connectivity index (χ1n) is 7.38. The Labute approximate surface area is 120 Å². The van der Waals surface area contributed by atoms with E-state index in [4.69, 9.17) is 10.8 Å². The van der Waals surface area contributed by atoms with Crippen LogP contribution in [0, 0.1) is 6.92 Å². The lowest BCUT2D eigenvalue weighted by Crippen LogP contribution is -2.24. The zero-order chi connectivity index (χ0) is 14.3. The quantitative estimate of drug-likeness (QED) is 0.907. The predicted octanol–water partition coefficient (Wildman–Crippen LogP) is 3.44. The Morgan fingerprint density at radius 3 is 2.60 bits per heavy atom. The van der Waals surface area contributed by atoms with Crippen molar-refractivity contribution in [2.45, 2.75) is 52.0 Å². The van der Waals surface area contributed by atoms with E-state index in [0.717, 1.165) is 18.8 Å². The normalized spacial score (nSPS) is 16.9. The van der Waals surface area contributed by atoms with Gasteiger partial charge in [-0.15, -0.1) is 0 Å². The van der Waals surface area contributed by atoms with Crippen LogP contribution in [0.3, 0.4) is 0 Å². The van der Waals surface area contributed by atoms with Crippen LogP contribution in [-0.2, 0) is 18.4 Å². The molecule has 0 radical (unpaired) electrons. The molecule has 1 aromatic heterocycles. The third-order valence-corrected chi connectivity index (χ3v) is 4.41. The molecule has 3 rings (SSSR count). The number of nitrogens with zero attached hydrogens (tertiary/aromatic N) is 2. The number of fused-ring (bicyclic) bond motifs is 1. The molecule has 0 amide bonds. The number of hydrogen-bond donors (Lipinski definition) is 1. The van der Waals surface area contributed by atoms with Crippen LogP contribution in [0.15, 0.2) is 24.3 Å². The maximum atomic E-state index is 6.38. The molecule has 3 heteroatoms. The van der Waals surface area contributed by atoms with Gasteiger partial charge >= 0.3 is 0 Å². The van der Waals surface area contributed by atoms with E-state index in [0.29, 0.717) is 0 Å². The summed E-state index contributed by atoms with van der Waals surface area (Å²) in [4.78, 5) is 0. The lowest BCUT2D eigenvalue weighted by atomic mass is 9.75. The van der Waals surface area contributed by atoms with Gasteiger partial charge in [0, 0.05) is 5.56 Å². The van der Waals surface area contributed by atoms with Gasteiger partial charge in [0.05, 0.1) is 12.2 Å². The van der Waals surface area contributed by atoms with Crippen LogP contribution in [0.5, 0.6) is 0 Å². The van der Waals surface area contributed by atoms with Crippen molar-refractivity contribution in [3.63, 3.8) is 0 Å². The highest BCUT2D eigenvalue weighted by atomic mass is 15.3. The smallest absolute Gasteiger partial charge is 0.126 e. The first kappa shape index (κ1) is 13.2. The molecule has 0 bridgehead atoms. The van der Waals surface area contributed by atoms with Crippen molar-refractivity contribution >= 4 is 5.82 Å².